The number of carbonyl (C=O) groups excluding carboxylic acids is 2. The molecular weight excluding hydrogens is 264 g/mol. The topological polar surface area (TPSA) is 105 Å². The summed E-state index contributed by atoms with van der Waals surface area (Å²) in [5.74, 6) is -1.73. The number of aliphatic carboxylic acids is 1. The van der Waals surface area contributed by atoms with E-state index in [1.807, 2.05) is 0 Å². The van der Waals surface area contributed by atoms with E-state index in [1.54, 1.807) is 6.08 Å². The summed E-state index contributed by atoms with van der Waals surface area (Å²) in [6.07, 6.45) is 2.18. The van der Waals surface area contributed by atoms with Crippen LogP contribution in [0.5, 0.6) is 0 Å². The number of nitrogens with one attached hydrogen (secondary N) is 2. The maximum Gasteiger partial charge on any atom is 0.321 e. The third-order valence-corrected chi connectivity index (χ3v) is 2.43. The largest absolute Gasteiger partial charge is 0.481 e. The normalized spacial score (nSPS) is 10.7. The summed E-state index contributed by atoms with van der Waals surface area (Å²) in [5, 5.41) is 13.4. The second kappa shape index (κ2) is 9.08. The minimum Gasteiger partial charge on any atom is -0.481 e. The third kappa shape index (κ3) is 8.25. The minimum absolute atomic E-state index is 0.262. The van der Waals surface area contributed by atoms with Gasteiger partial charge in [-0.1, -0.05) is 6.08 Å². The number of urea groups is 1. The molecule has 0 spiro atoms. The van der Waals surface area contributed by atoms with Crippen molar-refractivity contribution < 1.29 is 24.2 Å². The van der Waals surface area contributed by atoms with Gasteiger partial charge in [0.2, 0.25) is 5.91 Å². The summed E-state index contributed by atoms with van der Waals surface area (Å²) in [6.45, 7) is 7.49. The molecule has 0 aliphatic rings. The van der Waals surface area contributed by atoms with E-state index in [-0.39, 0.29) is 13.0 Å². The van der Waals surface area contributed by atoms with Gasteiger partial charge >= 0.3 is 12.0 Å². The highest BCUT2D eigenvalue weighted by molar-refractivity contribution is 5.96. The number of carboxylic acid groups (broad SMARTS) is 1. The molecule has 0 aromatic carbocycles. The number of carbonyl (C=O) groups is 3. The summed E-state index contributed by atoms with van der Waals surface area (Å²) in [6, 6.07) is -0.663. The van der Waals surface area contributed by atoms with E-state index in [0.29, 0.717) is 13.2 Å². The van der Waals surface area contributed by atoms with Crippen LogP contribution in [0.15, 0.2) is 12.7 Å². The molecule has 20 heavy (non-hydrogen) atoms. The molecule has 0 aliphatic heterocycles. The average molecular weight is 286 g/mol. The molecule has 0 aliphatic carbocycles. The zero-order chi connectivity index (χ0) is 15.6. The Morgan fingerprint density at radius 3 is 2.50 bits per heavy atom. The molecule has 114 valence electrons. The summed E-state index contributed by atoms with van der Waals surface area (Å²) < 4.78 is 5.17. The first-order valence-corrected chi connectivity index (χ1v) is 6.29. The first-order chi connectivity index (χ1) is 9.29. The van der Waals surface area contributed by atoms with Gasteiger partial charge in [-0.05, 0) is 20.3 Å². The van der Waals surface area contributed by atoms with Crippen molar-refractivity contribution in [1.82, 2.24) is 10.6 Å². The predicted molar refractivity (Wildman–Crippen MR) is 73.2 cm³/mol. The molecule has 0 saturated carbocycles. The van der Waals surface area contributed by atoms with Gasteiger partial charge in [0.05, 0.1) is 18.6 Å². The number of amides is 3. The second-order valence-corrected chi connectivity index (χ2v) is 4.86. The van der Waals surface area contributed by atoms with Gasteiger partial charge in [-0.25, -0.2) is 4.79 Å². The van der Waals surface area contributed by atoms with Gasteiger partial charge < -0.3 is 15.2 Å². The van der Waals surface area contributed by atoms with Crippen LogP contribution in [0.2, 0.25) is 0 Å². The van der Waals surface area contributed by atoms with Crippen LogP contribution in [-0.2, 0) is 14.3 Å². The van der Waals surface area contributed by atoms with Crippen molar-refractivity contribution in [2.24, 2.45) is 5.41 Å². The summed E-state index contributed by atoms with van der Waals surface area (Å²) in [4.78, 5) is 33.6. The van der Waals surface area contributed by atoms with E-state index < -0.39 is 23.3 Å². The lowest BCUT2D eigenvalue weighted by Gasteiger charge is -2.17. The Morgan fingerprint density at radius 2 is 1.95 bits per heavy atom. The summed E-state index contributed by atoms with van der Waals surface area (Å²) in [7, 11) is 0. The fourth-order valence-electron chi connectivity index (χ4n) is 1.20. The Bertz CT molecular complexity index is 366. The molecule has 0 atom stereocenters. The Hall–Kier alpha value is -1.89. The molecule has 0 aromatic rings. The standard InChI is InChI=1S/C13H22N2O5/c1-4-5-7-20-8-6-14-12(19)15-10(16)9-13(2,3)11(17)18/h4H,1,5-9H2,2-3H3,(H,17,18)(H2,14,15,16,19). The van der Waals surface area contributed by atoms with Crippen molar-refractivity contribution in [3.63, 3.8) is 0 Å². The van der Waals surface area contributed by atoms with Crippen LogP contribution in [0.1, 0.15) is 26.7 Å². The Labute approximate surface area is 118 Å². The van der Waals surface area contributed by atoms with Crippen molar-refractivity contribution in [2.45, 2.75) is 26.7 Å². The number of carboxylic acids is 1. The van der Waals surface area contributed by atoms with E-state index in [0.717, 1.165) is 6.42 Å². The highest BCUT2D eigenvalue weighted by Crippen LogP contribution is 2.19. The summed E-state index contributed by atoms with van der Waals surface area (Å²) in [5.41, 5.74) is -1.21. The van der Waals surface area contributed by atoms with Crippen molar-refractivity contribution in [3.05, 3.63) is 12.7 Å². The molecule has 0 bridgehead atoms. The van der Waals surface area contributed by atoms with E-state index in [9.17, 15) is 14.4 Å². The molecular formula is C13H22N2O5. The lowest BCUT2D eigenvalue weighted by atomic mass is 9.89. The second-order valence-electron chi connectivity index (χ2n) is 4.86. The van der Waals surface area contributed by atoms with Crippen molar-refractivity contribution in [3.8, 4) is 0 Å². The molecule has 0 aromatic heterocycles. The molecule has 0 heterocycles. The zero-order valence-corrected chi connectivity index (χ0v) is 11.9. The lowest BCUT2D eigenvalue weighted by Crippen LogP contribution is -2.43. The van der Waals surface area contributed by atoms with Gasteiger partial charge in [-0.2, -0.15) is 0 Å². The van der Waals surface area contributed by atoms with Crippen LogP contribution in [0.4, 0.5) is 4.79 Å². The fraction of sp³-hybridized carbons (Fsp3) is 0.615. The van der Waals surface area contributed by atoms with Crippen molar-refractivity contribution in [2.75, 3.05) is 19.8 Å². The fourth-order valence-corrected chi connectivity index (χ4v) is 1.20. The highest BCUT2D eigenvalue weighted by Gasteiger charge is 2.30. The zero-order valence-electron chi connectivity index (χ0n) is 11.9. The van der Waals surface area contributed by atoms with E-state index in [1.165, 1.54) is 13.8 Å². The van der Waals surface area contributed by atoms with E-state index in [4.69, 9.17) is 9.84 Å². The molecule has 0 radical (unpaired) electrons. The number of ether oxygens (including phenoxy) is 1. The van der Waals surface area contributed by atoms with Crippen LogP contribution in [-0.4, -0.2) is 42.8 Å². The third-order valence-electron chi connectivity index (χ3n) is 2.43. The molecule has 3 N–H and O–H groups in total. The van der Waals surface area contributed by atoms with Gasteiger partial charge in [-0.15, -0.1) is 6.58 Å². The predicted octanol–water partition coefficient (Wildman–Crippen LogP) is 0.906. The number of hydrogen-bond donors (Lipinski definition) is 3. The Kier molecular flexibility index (Phi) is 8.23. The lowest BCUT2D eigenvalue weighted by molar-refractivity contribution is -0.149. The maximum atomic E-state index is 11.5. The van der Waals surface area contributed by atoms with Crippen molar-refractivity contribution in [1.29, 1.82) is 0 Å². The smallest absolute Gasteiger partial charge is 0.321 e. The van der Waals surface area contributed by atoms with Gasteiger partial charge in [-0.3, -0.25) is 14.9 Å². The Morgan fingerprint density at radius 1 is 1.30 bits per heavy atom. The van der Waals surface area contributed by atoms with Crippen molar-refractivity contribution >= 4 is 17.9 Å². The molecule has 7 heteroatoms. The molecule has 0 rings (SSSR count). The molecule has 0 saturated heterocycles. The van der Waals surface area contributed by atoms with Gasteiger partial charge in [0.1, 0.15) is 0 Å². The van der Waals surface area contributed by atoms with E-state index >= 15 is 0 Å². The minimum atomic E-state index is -1.21. The molecule has 7 nitrogen and oxygen atoms in total. The van der Waals surface area contributed by atoms with Gasteiger partial charge in [0.25, 0.3) is 0 Å². The first-order valence-electron chi connectivity index (χ1n) is 6.29. The monoisotopic (exact) mass is 286 g/mol. The number of imide groups is 1. The first kappa shape index (κ1) is 18.1. The average Bonchev–Trinajstić information content (AvgIpc) is 2.32. The van der Waals surface area contributed by atoms with Gasteiger partial charge in [0, 0.05) is 13.0 Å². The molecule has 3 amide bonds. The van der Waals surface area contributed by atoms with Crippen LogP contribution in [0, 0.1) is 5.41 Å². The Balaban J connectivity index is 3.83. The van der Waals surface area contributed by atoms with Crippen LogP contribution >= 0.6 is 0 Å². The number of rotatable bonds is 9. The molecule has 0 unspecified atom stereocenters. The number of hydrogen-bond acceptors (Lipinski definition) is 4. The summed E-state index contributed by atoms with van der Waals surface area (Å²) >= 11 is 0. The highest BCUT2D eigenvalue weighted by atomic mass is 16.5. The van der Waals surface area contributed by atoms with E-state index in [2.05, 4.69) is 17.2 Å². The maximum absolute atomic E-state index is 11.5. The van der Waals surface area contributed by atoms with Crippen LogP contribution in [0.25, 0.3) is 0 Å². The molecule has 0 fully saturated rings. The van der Waals surface area contributed by atoms with Crippen LogP contribution in [0.3, 0.4) is 0 Å². The van der Waals surface area contributed by atoms with Crippen LogP contribution < -0.4 is 10.6 Å². The SMILES string of the molecule is C=CCCOCCNC(=O)NC(=O)CC(C)(C)C(=O)O. The quantitative estimate of drug-likeness (QED) is 0.431. The van der Waals surface area contributed by atoms with Gasteiger partial charge in [0.15, 0.2) is 0 Å².